The van der Waals surface area contributed by atoms with E-state index < -0.39 is 61.0 Å². The van der Waals surface area contributed by atoms with Crippen LogP contribution in [0.3, 0.4) is 0 Å². The highest BCUT2D eigenvalue weighted by Gasteiger charge is 2.58. The van der Waals surface area contributed by atoms with Gasteiger partial charge in [0.05, 0.1) is 39.6 Å². The van der Waals surface area contributed by atoms with E-state index in [9.17, 15) is 9.59 Å². The number of halogens is 2. The number of carbonyl (C=O) groups excluding carboxylic acids is 2. The first kappa shape index (κ1) is 44.1. The van der Waals surface area contributed by atoms with Crippen LogP contribution in [0.5, 0.6) is 0 Å². The van der Waals surface area contributed by atoms with Crippen LogP contribution in [-0.2, 0) is 71.0 Å². The fourth-order valence-electron chi connectivity index (χ4n) is 6.86. The van der Waals surface area contributed by atoms with Gasteiger partial charge in [0.1, 0.15) is 37.1 Å². The average molecular weight is 824 g/mol. The average Bonchev–Trinajstić information content (AvgIpc) is 3.28. The van der Waals surface area contributed by atoms with Crippen molar-refractivity contribution in [3.63, 3.8) is 0 Å². The fraction of sp³-hybridized carbons (Fsp3) is 0.333. The van der Waals surface area contributed by atoms with E-state index in [1.807, 2.05) is 127 Å². The number of benzene rings is 5. The topological polar surface area (TPSA) is 111 Å². The second kappa shape index (κ2) is 22.8. The van der Waals surface area contributed by atoms with Gasteiger partial charge in [-0.05, 0) is 34.7 Å². The minimum absolute atomic E-state index is 0.0397. The molecular weight excluding hydrogens is 773 g/mol. The number of alkyl halides is 2. The second-order valence-electron chi connectivity index (χ2n) is 14.4. The van der Waals surface area contributed by atoms with Crippen molar-refractivity contribution in [3.8, 4) is 0 Å². The van der Waals surface area contributed by atoms with Crippen molar-refractivity contribution in [2.24, 2.45) is 0 Å². The Balaban J connectivity index is 1.34. The Morgan fingerprint density at radius 1 is 0.583 bits per heavy atom. The minimum Gasteiger partial charge on any atom is -0.464 e. The summed E-state index contributed by atoms with van der Waals surface area (Å²) >= 11 is 0. The molecule has 6 rings (SSSR count). The van der Waals surface area contributed by atoms with Crippen molar-refractivity contribution in [1.29, 1.82) is 0 Å². The van der Waals surface area contributed by atoms with Crippen LogP contribution in [0.25, 0.3) is 0 Å². The lowest BCUT2D eigenvalue weighted by atomic mass is 9.88. The number of hydrogen-bond acceptors (Lipinski definition) is 9. The number of esters is 1. The zero-order valence-electron chi connectivity index (χ0n) is 33.5. The minimum atomic E-state index is -3.85. The van der Waals surface area contributed by atoms with Crippen molar-refractivity contribution < 1.29 is 51.5 Å². The molecule has 1 fully saturated rings. The lowest BCUT2D eigenvalue weighted by Gasteiger charge is -2.48. The summed E-state index contributed by atoms with van der Waals surface area (Å²) < 4.78 is 77.5. The predicted octanol–water partition coefficient (Wildman–Crippen LogP) is 8.61. The molecule has 1 heterocycles. The van der Waals surface area contributed by atoms with E-state index in [1.165, 1.54) is 0 Å². The Kier molecular flexibility index (Phi) is 16.7. The molecule has 316 valence electrons. The second-order valence-corrected chi connectivity index (χ2v) is 14.4. The summed E-state index contributed by atoms with van der Waals surface area (Å²) in [6.07, 6.45) is -8.97. The van der Waals surface area contributed by atoms with Crippen molar-refractivity contribution >= 4 is 12.1 Å². The number of ether oxygens (including phenoxy) is 7. The number of hydrogen-bond donors (Lipinski definition) is 1. The van der Waals surface area contributed by atoms with Crippen molar-refractivity contribution in [2.45, 2.75) is 88.9 Å². The third-order valence-electron chi connectivity index (χ3n) is 9.85. The molecule has 1 amide bonds. The summed E-state index contributed by atoms with van der Waals surface area (Å²) in [5.41, 5.74) is 3.92. The normalized spacial score (nSPS) is 19.6. The van der Waals surface area contributed by atoms with Gasteiger partial charge < -0.3 is 38.5 Å². The summed E-state index contributed by atoms with van der Waals surface area (Å²) in [5.74, 6) is -4.91. The molecule has 6 atom stereocenters. The van der Waals surface area contributed by atoms with Crippen molar-refractivity contribution in [1.82, 2.24) is 5.32 Å². The van der Waals surface area contributed by atoms with Crippen molar-refractivity contribution in [2.75, 3.05) is 13.2 Å². The summed E-state index contributed by atoms with van der Waals surface area (Å²) in [6.45, 7) is 1.40. The Morgan fingerprint density at radius 2 is 1.00 bits per heavy atom. The Labute approximate surface area is 349 Å². The molecule has 0 bridgehead atoms. The first-order chi connectivity index (χ1) is 29.3. The van der Waals surface area contributed by atoms with Gasteiger partial charge in [0, 0.05) is 6.42 Å². The maximum Gasteiger partial charge on any atom is 0.408 e. The number of amides is 1. The highest BCUT2D eigenvalue weighted by atomic mass is 19.3. The standard InChI is InChI=1S/C48H51F2NO9/c1-2-55-46(52)40(51-47(53)59-33-39-26-16-7-17-27-39)28-48(49,50)45-44(58-32-38-24-14-6-15-25-38)43(57-31-37-22-12-5-13-23-37)42(56-30-36-20-10-4-11-21-36)41(60-45)34-54-29-35-18-8-3-9-19-35/h3-27,40-45H,2,28-34H2,1H3,(H,51,53)/t40-,41-,42+,43+,44-,45-/m1/s1. The molecule has 60 heavy (non-hydrogen) atoms. The SMILES string of the molecule is CCOC(=O)[C@@H](CC(F)(F)[C@@H]1O[C@H](COCc2ccccc2)[C@H](OCc2ccccc2)[C@H](OCc2ccccc2)[C@H]1OCc1ccccc1)NC(=O)OCc1ccccc1. The van der Waals surface area contributed by atoms with E-state index in [0.29, 0.717) is 5.56 Å². The van der Waals surface area contributed by atoms with E-state index in [0.717, 1.165) is 22.3 Å². The highest BCUT2D eigenvalue weighted by molar-refractivity contribution is 5.81. The molecule has 1 N–H and O–H groups in total. The largest absolute Gasteiger partial charge is 0.464 e. The molecule has 0 aliphatic carbocycles. The maximum absolute atomic E-state index is 17.4. The van der Waals surface area contributed by atoms with Crippen LogP contribution in [0.1, 0.15) is 41.2 Å². The van der Waals surface area contributed by atoms with Gasteiger partial charge in [0.25, 0.3) is 5.92 Å². The molecule has 12 heteroatoms. The molecule has 0 aromatic heterocycles. The van der Waals surface area contributed by atoms with Gasteiger partial charge in [-0.15, -0.1) is 0 Å². The van der Waals surface area contributed by atoms with E-state index in [4.69, 9.17) is 33.2 Å². The molecule has 1 aliphatic heterocycles. The molecule has 5 aromatic carbocycles. The first-order valence-corrected chi connectivity index (χ1v) is 20.0. The zero-order chi connectivity index (χ0) is 42.0. The lowest BCUT2D eigenvalue weighted by Crippen LogP contribution is -2.66. The van der Waals surface area contributed by atoms with Gasteiger partial charge in [-0.25, -0.2) is 18.4 Å². The zero-order valence-corrected chi connectivity index (χ0v) is 33.5. The van der Waals surface area contributed by atoms with Crippen LogP contribution in [0.15, 0.2) is 152 Å². The van der Waals surface area contributed by atoms with Gasteiger partial charge in [0.15, 0.2) is 6.10 Å². The third-order valence-corrected chi connectivity index (χ3v) is 9.85. The monoisotopic (exact) mass is 823 g/mol. The van der Waals surface area contributed by atoms with Crippen LogP contribution >= 0.6 is 0 Å². The summed E-state index contributed by atoms with van der Waals surface area (Å²) in [6, 6.07) is 44.4. The molecule has 0 saturated carbocycles. The van der Waals surface area contributed by atoms with Gasteiger partial charge in [-0.3, -0.25) is 0 Å². The van der Waals surface area contributed by atoms with E-state index in [2.05, 4.69) is 5.32 Å². The Bertz CT molecular complexity index is 2000. The van der Waals surface area contributed by atoms with Crippen LogP contribution in [0.4, 0.5) is 13.6 Å². The summed E-state index contributed by atoms with van der Waals surface area (Å²) in [5, 5.41) is 2.32. The smallest absolute Gasteiger partial charge is 0.408 e. The highest BCUT2D eigenvalue weighted by Crippen LogP contribution is 2.40. The number of alkyl carbamates (subject to hydrolysis) is 1. The molecular formula is C48H51F2NO9. The van der Waals surface area contributed by atoms with Gasteiger partial charge in [-0.1, -0.05) is 152 Å². The molecule has 0 spiro atoms. The van der Waals surface area contributed by atoms with Crippen LogP contribution in [0.2, 0.25) is 0 Å². The van der Waals surface area contributed by atoms with E-state index >= 15 is 8.78 Å². The fourth-order valence-corrected chi connectivity index (χ4v) is 6.86. The van der Waals surface area contributed by atoms with Gasteiger partial charge in [-0.2, -0.15) is 0 Å². The Hall–Kier alpha value is -5.50. The quantitative estimate of drug-likeness (QED) is 0.0728. The molecule has 1 saturated heterocycles. The van der Waals surface area contributed by atoms with Gasteiger partial charge in [0.2, 0.25) is 0 Å². The van der Waals surface area contributed by atoms with E-state index in [1.54, 1.807) is 31.2 Å². The summed E-state index contributed by atoms with van der Waals surface area (Å²) in [7, 11) is 0. The number of rotatable bonds is 21. The lowest BCUT2D eigenvalue weighted by molar-refractivity contribution is -0.311. The predicted molar refractivity (Wildman–Crippen MR) is 220 cm³/mol. The summed E-state index contributed by atoms with van der Waals surface area (Å²) in [4.78, 5) is 26.3. The first-order valence-electron chi connectivity index (χ1n) is 20.0. The van der Waals surface area contributed by atoms with E-state index in [-0.39, 0.29) is 46.2 Å². The van der Waals surface area contributed by atoms with Crippen molar-refractivity contribution in [3.05, 3.63) is 179 Å². The number of nitrogens with one attached hydrogen (secondary N) is 1. The molecule has 1 aliphatic rings. The molecule has 10 nitrogen and oxygen atoms in total. The molecule has 0 unspecified atom stereocenters. The van der Waals surface area contributed by atoms with Crippen LogP contribution in [-0.4, -0.2) is 67.8 Å². The van der Waals surface area contributed by atoms with Gasteiger partial charge >= 0.3 is 12.1 Å². The van der Waals surface area contributed by atoms with Crippen LogP contribution in [0, 0.1) is 0 Å². The molecule has 0 radical (unpaired) electrons. The Morgan fingerprint density at radius 3 is 1.47 bits per heavy atom. The number of carbonyl (C=O) groups is 2. The van der Waals surface area contributed by atoms with Crippen LogP contribution < -0.4 is 5.32 Å². The maximum atomic E-state index is 17.4. The third kappa shape index (κ3) is 13.3. The molecule has 5 aromatic rings.